The zero-order valence-electron chi connectivity index (χ0n) is 12.2. The van der Waals surface area contributed by atoms with Gasteiger partial charge < -0.3 is 15.3 Å². The van der Waals surface area contributed by atoms with E-state index in [-0.39, 0.29) is 12.5 Å². The number of hydrogen-bond donors (Lipinski definition) is 2. The maximum absolute atomic E-state index is 11.9. The molecule has 1 unspecified atom stereocenters. The van der Waals surface area contributed by atoms with Gasteiger partial charge in [-0.25, -0.2) is 4.79 Å². The van der Waals surface area contributed by atoms with Crippen LogP contribution in [0.2, 0.25) is 0 Å². The Labute approximate surface area is 119 Å². The molecule has 0 heterocycles. The van der Waals surface area contributed by atoms with E-state index in [0.29, 0.717) is 23.7 Å². The van der Waals surface area contributed by atoms with Crippen LogP contribution in [0, 0.1) is 5.92 Å². The lowest BCUT2D eigenvalue weighted by Gasteiger charge is -2.21. The summed E-state index contributed by atoms with van der Waals surface area (Å²) < 4.78 is 0. The molecule has 1 atom stereocenters. The number of nitrogens with zero attached hydrogens (tertiary/aromatic N) is 1. The highest BCUT2D eigenvalue weighted by molar-refractivity contribution is 5.89. The van der Waals surface area contributed by atoms with Crippen LogP contribution in [-0.4, -0.2) is 35.6 Å². The molecule has 5 nitrogen and oxygen atoms in total. The molecule has 5 heteroatoms. The van der Waals surface area contributed by atoms with Crippen LogP contribution in [-0.2, 0) is 11.2 Å². The Balaban J connectivity index is 2.55. The molecule has 2 amide bonds. The van der Waals surface area contributed by atoms with Gasteiger partial charge in [0.05, 0.1) is 6.42 Å². The van der Waals surface area contributed by atoms with Gasteiger partial charge in [-0.15, -0.1) is 0 Å². The van der Waals surface area contributed by atoms with Gasteiger partial charge >= 0.3 is 12.0 Å². The molecule has 0 aliphatic carbocycles. The third kappa shape index (κ3) is 5.30. The van der Waals surface area contributed by atoms with Crippen molar-refractivity contribution in [2.75, 3.05) is 18.9 Å². The lowest BCUT2D eigenvalue weighted by molar-refractivity contribution is -0.136. The summed E-state index contributed by atoms with van der Waals surface area (Å²) in [5.74, 6) is -0.404. The topological polar surface area (TPSA) is 69.6 Å². The van der Waals surface area contributed by atoms with Crippen LogP contribution in [0.1, 0.15) is 25.8 Å². The van der Waals surface area contributed by atoms with E-state index in [2.05, 4.69) is 19.2 Å². The Kier molecular flexibility index (Phi) is 6.03. The molecule has 0 radical (unpaired) electrons. The molecule has 20 heavy (non-hydrogen) atoms. The number of benzene rings is 1. The van der Waals surface area contributed by atoms with Crippen molar-refractivity contribution in [1.29, 1.82) is 0 Å². The smallest absolute Gasteiger partial charge is 0.321 e. The Morgan fingerprint density at radius 3 is 2.40 bits per heavy atom. The molecular formula is C15H22N2O3. The average Bonchev–Trinajstić information content (AvgIpc) is 2.40. The van der Waals surface area contributed by atoms with Gasteiger partial charge in [0, 0.05) is 19.3 Å². The minimum Gasteiger partial charge on any atom is -0.481 e. The molecule has 0 spiro atoms. The van der Waals surface area contributed by atoms with Crippen molar-refractivity contribution in [3.8, 4) is 0 Å². The number of anilines is 1. The minimum atomic E-state index is -0.866. The number of carbonyl (C=O) groups excluding carboxylic acids is 1. The lowest BCUT2D eigenvalue weighted by Crippen LogP contribution is -2.34. The van der Waals surface area contributed by atoms with Gasteiger partial charge in [-0.2, -0.15) is 0 Å². The number of carboxylic acids is 1. The summed E-state index contributed by atoms with van der Waals surface area (Å²) in [6.45, 7) is 4.90. The molecule has 0 aliphatic rings. The molecule has 0 bridgehead atoms. The van der Waals surface area contributed by atoms with E-state index in [1.54, 1.807) is 36.2 Å². The average molecular weight is 278 g/mol. The van der Waals surface area contributed by atoms with Crippen LogP contribution in [0.3, 0.4) is 0 Å². The Morgan fingerprint density at radius 2 is 1.90 bits per heavy atom. The molecule has 110 valence electrons. The summed E-state index contributed by atoms with van der Waals surface area (Å²) in [7, 11) is 1.76. The largest absolute Gasteiger partial charge is 0.481 e. The fourth-order valence-corrected chi connectivity index (χ4v) is 1.78. The third-order valence-electron chi connectivity index (χ3n) is 3.19. The summed E-state index contributed by atoms with van der Waals surface area (Å²) in [4.78, 5) is 24.2. The Morgan fingerprint density at radius 1 is 1.30 bits per heavy atom. The zero-order chi connectivity index (χ0) is 15.1. The summed E-state index contributed by atoms with van der Waals surface area (Å²) in [6, 6.07) is 6.69. The predicted octanol–water partition coefficient (Wildman–Crippen LogP) is 2.82. The fourth-order valence-electron chi connectivity index (χ4n) is 1.78. The standard InChI is InChI=1S/C15H22N2O3/c1-4-11(2)10-17(3)15(20)16-13-7-5-12(6-8-13)9-14(18)19/h5-8,11H,4,9-10H2,1-3H3,(H,16,20)(H,18,19). The normalized spacial score (nSPS) is 11.8. The minimum absolute atomic E-state index is 0.0118. The van der Waals surface area contributed by atoms with Gasteiger partial charge in [-0.1, -0.05) is 32.4 Å². The van der Waals surface area contributed by atoms with E-state index in [9.17, 15) is 9.59 Å². The quantitative estimate of drug-likeness (QED) is 0.840. The van der Waals surface area contributed by atoms with Crippen LogP contribution in [0.4, 0.5) is 10.5 Å². The Bertz CT molecular complexity index is 457. The number of rotatable bonds is 6. The molecule has 0 aliphatic heterocycles. The van der Waals surface area contributed by atoms with Crippen molar-refractivity contribution in [3.05, 3.63) is 29.8 Å². The maximum Gasteiger partial charge on any atom is 0.321 e. The van der Waals surface area contributed by atoms with Gasteiger partial charge in [0.25, 0.3) is 0 Å². The number of amides is 2. The maximum atomic E-state index is 11.9. The molecule has 1 aromatic rings. The van der Waals surface area contributed by atoms with Gasteiger partial charge in [0.2, 0.25) is 0 Å². The molecule has 0 aromatic heterocycles. The van der Waals surface area contributed by atoms with Gasteiger partial charge in [-0.05, 0) is 23.6 Å². The fraction of sp³-hybridized carbons (Fsp3) is 0.467. The van der Waals surface area contributed by atoms with Crippen molar-refractivity contribution < 1.29 is 14.7 Å². The number of nitrogens with one attached hydrogen (secondary N) is 1. The molecule has 2 N–H and O–H groups in total. The molecular weight excluding hydrogens is 256 g/mol. The monoisotopic (exact) mass is 278 g/mol. The van der Waals surface area contributed by atoms with E-state index in [1.807, 2.05) is 0 Å². The third-order valence-corrected chi connectivity index (χ3v) is 3.19. The highest BCUT2D eigenvalue weighted by Gasteiger charge is 2.11. The zero-order valence-corrected chi connectivity index (χ0v) is 12.2. The molecule has 1 rings (SSSR count). The Hall–Kier alpha value is -2.04. The molecule has 0 saturated carbocycles. The van der Waals surface area contributed by atoms with Gasteiger partial charge in [-0.3, -0.25) is 4.79 Å². The first-order chi connectivity index (χ1) is 9.42. The van der Waals surface area contributed by atoms with Crippen molar-refractivity contribution in [1.82, 2.24) is 4.90 Å². The van der Waals surface area contributed by atoms with Crippen LogP contribution >= 0.6 is 0 Å². The molecule has 1 aromatic carbocycles. The highest BCUT2D eigenvalue weighted by Crippen LogP contribution is 2.11. The van der Waals surface area contributed by atoms with Crippen LogP contribution in [0.25, 0.3) is 0 Å². The van der Waals surface area contributed by atoms with Crippen molar-refractivity contribution in [3.63, 3.8) is 0 Å². The van der Waals surface area contributed by atoms with Gasteiger partial charge in [0.1, 0.15) is 0 Å². The molecule has 0 saturated heterocycles. The number of carboxylic acid groups (broad SMARTS) is 1. The lowest BCUT2D eigenvalue weighted by atomic mass is 10.1. The second-order valence-electron chi connectivity index (χ2n) is 5.09. The van der Waals surface area contributed by atoms with E-state index in [0.717, 1.165) is 6.42 Å². The number of urea groups is 1. The van der Waals surface area contributed by atoms with Crippen LogP contribution in [0.5, 0.6) is 0 Å². The van der Waals surface area contributed by atoms with Crippen LogP contribution in [0.15, 0.2) is 24.3 Å². The van der Waals surface area contributed by atoms with E-state index >= 15 is 0 Å². The number of carbonyl (C=O) groups is 2. The van der Waals surface area contributed by atoms with E-state index in [4.69, 9.17) is 5.11 Å². The van der Waals surface area contributed by atoms with Crippen molar-refractivity contribution in [2.45, 2.75) is 26.7 Å². The second-order valence-corrected chi connectivity index (χ2v) is 5.09. The second kappa shape index (κ2) is 7.53. The summed E-state index contributed by atoms with van der Waals surface area (Å²) in [6.07, 6.45) is 1.02. The number of hydrogen-bond acceptors (Lipinski definition) is 2. The molecule has 0 fully saturated rings. The summed E-state index contributed by atoms with van der Waals surface area (Å²) in [5.41, 5.74) is 1.38. The first-order valence-corrected chi connectivity index (χ1v) is 6.75. The number of aliphatic carboxylic acids is 1. The van der Waals surface area contributed by atoms with E-state index < -0.39 is 5.97 Å². The first-order valence-electron chi connectivity index (χ1n) is 6.75. The van der Waals surface area contributed by atoms with Crippen LogP contribution < -0.4 is 5.32 Å². The van der Waals surface area contributed by atoms with Crippen molar-refractivity contribution in [2.24, 2.45) is 5.92 Å². The van der Waals surface area contributed by atoms with Gasteiger partial charge in [0.15, 0.2) is 0 Å². The summed E-state index contributed by atoms with van der Waals surface area (Å²) >= 11 is 0. The summed E-state index contributed by atoms with van der Waals surface area (Å²) in [5, 5.41) is 11.5. The van der Waals surface area contributed by atoms with Crippen molar-refractivity contribution >= 4 is 17.7 Å². The predicted molar refractivity (Wildman–Crippen MR) is 78.9 cm³/mol. The first kappa shape index (κ1) is 16.0. The SMILES string of the molecule is CCC(C)CN(C)C(=O)Nc1ccc(CC(=O)O)cc1. The van der Waals surface area contributed by atoms with E-state index in [1.165, 1.54) is 0 Å². The highest BCUT2D eigenvalue weighted by atomic mass is 16.4.